The molecule has 2 aliphatic rings. The first kappa shape index (κ1) is 12.5. The van der Waals surface area contributed by atoms with Crippen molar-refractivity contribution in [1.82, 2.24) is 5.32 Å². The van der Waals surface area contributed by atoms with Gasteiger partial charge in [-0.05, 0) is 36.6 Å². The van der Waals surface area contributed by atoms with E-state index in [2.05, 4.69) is 33.4 Å². The highest BCUT2D eigenvalue weighted by molar-refractivity contribution is 9.10. The molecule has 4 heteroatoms. The molecule has 1 atom stereocenters. The Labute approximate surface area is 116 Å². The molecule has 1 saturated heterocycles. The summed E-state index contributed by atoms with van der Waals surface area (Å²) in [5, 5.41) is 3.52. The van der Waals surface area contributed by atoms with Crippen LogP contribution in [0.15, 0.2) is 22.7 Å². The molecule has 3 nitrogen and oxygen atoms in total. The Morgan fingerprint density at radius 1 is 1.33 bits per heavy atom. The Hall–Kier alpha value is -0.580. The molecule has 0 amide bonds. The van der Waals surface area contributed by atoms with Crippen LogP contribution in [0.1, 0.15) is 24.8 Å². The summed E-state index contributed by atoms with van der Waals surface area (Å²) in [7, 11) is 0. The van der Waals surface area contributed by atoms with Crippen molar-refractivity contribution in [1.29, 1.82) is 0 Å². The van der Waals surface area contributed by atoms with Crippen LogP contribution in [0.2, 0.25) is 0 Å². The van der Waals surface area contributed by atoms with E-state index < -0.39 is 0 Å². The highest BCUT2D eigenvalue weighted by atomic mass is 79.9. The van der Waals surface area contributed by atoms with Crippen molar-refractivity contribution in [3.63, 3.8) is 0 Å². The molecule has 2 fully saturated rings. The van der Waals surface area contributed by atoms with Crippen molar-refractivity contribution in [2.45, 2.75) is 38.0 Å². The Balaban J connectivity index is 1.63. The predicted octanol–water partition coefficient (Wildman–Crippen LogP) is 2.87. The predicted molar refractivity (Wildman–Crippen MR) is 73.9 cm³/mol. The molecule has 0 radical (unpaired) electrons. The normalized spacial score (nSPS) is 23.3. The zero-order chi connectivity index (χ0) is 12.4. The van der Waals surface area contributed by atoms with E-state index in [0.29, 0.717) is 6.61 Å². The zero-order valence-corrected chi connectivity index (χ0v) is 11.9. The summed E-state index contributed by atoms with van der Waals surface area (Å²) in [5.41, 5.74) is 1.26. The maximum atomic E-state index is 5.92. The van der Waals surface area contributed by atoms with Crippen LogP contribution in [0.25, 0.3) is 0 Å². The van der Waals surface area contributed by atoms with Crippen LogP contribution < -0.4 is 10.1 Å². The van der Waals surface area contributed by atoms with Gasteiger partial charge in [0.25, 0.3) is 0 Å². The lowest BCUT2D eigenvalue weighted by atomic mass is 10.2. The second-order valence-electron chi connectivity index (χ2n) is 5.01. The molecular weight excluding hydrogens is 294 g/mol. The summed E-state index contributed by atoms with van der Waals surface area (Å²) in [4.78, 5) is 0. The molecule has 1 aromatic rings. The van der Waals surface area contributed by atoms with Crippen LogP contribution >= 0.6 is 15.9 Å². The number of ether oxygens (including phenoxy) is 2. The molecule has 1 N–H and O–H groups in total. The van der Waals surface area contributed by atoms with E-state index in [-0.39, 0.29) is 6.10 Å². The van der Waals surface area contributed by atoms with Gasteiger partial charge in [-0.2, -0.15) is 0 Å². The third-order valence-corrected chi connectivity index (χ3v) is 4.14. The minimum Gasteiger partial charge on any atom is -0.488 e. The highest BCUT2D eigenvalue weighted by Gasteiger charge is 2.21. The van der Waals surface area contributed by atoms with Crippen molar-refractivity contribution < 1.29 is 9.47 Å². The van der Waals surface area contributed by atoms with E-state index >= 15 is 0 Å². The van der Waals surface area contributed by atoms with Gasteiger partial charge in [-0.15, -0.1) is 0 Å². The zero-order valence-electron chi connectivity index (χ0n) is 10.3. The van der Waals surface area contributed by atoms with E-state index in [9.17, 15) is 0 Å². The fourth-order valence-corrected chi connectivity index (χ4v) is 2.49. The lowest BCUT2D eigenvalue weighted by Gasteiger charge is -2.14. The molecule has 0 bridgehead atoms. The first-order valence-corrected chi connectivity index (χ1v) is 7.37. The average Bonchev–Trinajstić information content (AvgIpc) is 3.07. The first-order valence-electron chi connectivity index (χ1n) is 6.57. The van der Waals surface area contributed by atoms with Crippen LogP contribution in [0.3, 0.4) is 0 Å². The standard InChI is InChI=1S/C14H18BrNO2/c15-14-4-3-12(18-13-5-6-17-9-13)7-10(14)8-16-11-1-2-11/h3-4,7,11,13,16H,1-2,5-6,8-9H2. The molecule has 1 heterocycles. The van der Waals surface area contributed by atoms with Gasteiger partial charge in [-0.3, -0.25) is 0 Å². The molecular formula is C14H18BrNO2. The summed E-state index contributed by atoms with van der Waals surface area (Å²) >= 11 is 3.59. The monoisotopic (exact) mass is 311 g/mol. The van der Waals surface area contributed by atoms with E-state index in [0.717, 1.165) is 35.8 Å². The van der Waals surface area contributed by atoms with Gasteiger partial charge in [0.05, 0.1) is 13.2 Å². The minimum atomic E-state index is 0.218. The third-order valence-electron chi connectivity index (χ3n) is 3.37. The molecule has 1 aliphatic heterocycles. The summed E-state index contributed by atoms with van der Waals surface area (Å²) in [6.07, 6.45) is 3.84. The maximum absolute atomic E-state index is 5.92. The summed E-state index contributed by atoms with van der Waals surface area (Å²) in [6.45, 7) is 2.44. The molecule has 98 valence electrons. The average molecular weight is 312 g/mol. The van der Waals surface area contributed by atoms with Crippen molar-refractivity contribution in [2.24, 2.45) is 0 Å². The van der Waals surface area contributed by atoms with Crippen LogP contribution in [-0.2, 0) is 11.3 Å². The number of hydrogen-bond acceptors (Lipinski definition) is 3. The SMILES string of the molecule is Brc1ccc(OC2CCOC2)cc1CNC1CC1. The van der Waals surface area contributed by atoms with Gasteiger partial charge in [-0.1, -0.05) is 15.9 Å². The molecule has 1 aliphatic carbocycles. The van der Waals surface area contributed by atoms with E-state index in [1.807, 2.05) is 6.07 Å². The van der Waals surface area contributed by atoms with Gasteiger partial charge in [0.15, 0.2) is 0 Å². The minimum absolute atomic E-state index is 0.218. The number of halogens is 1. The molecule has 1 unspecified atom stereocenters. The summed E-state index contributed by atoms with van der Waals surface area (Å²) in [5.74, 6) is 0.946. The van der Waals surface area contributed by atoms with E-state index in [1.54, 1.807) is 0 Å². The first-order chi connectivity index (χ1) is 8.81. The number of rotatable bonds is 5. The van der Waals surface area contributed by atoms with Gasteiger partial charge in [0, 0.05) is 23.5 Å². The fraction of sp³-hybridized carbons (Fsp3) is 0.571. The summed E-state index contributed by atoms with van der Waals surface area (Å²) < 4.78 is 12.4. The molecule has 1 saturated carbocycles. The second-order valence-corrected chi connectivity index (χ2v) is 5.87. The van der Waals surface area contributed by atoms with E-state index in [1.165, 1.54) is 18.4 Å². The Bertz CT molecular complexity index is 414. The maximum Gasteiger partial charge on any atom is 0.124 e. The van der Waals surface area contributed by atoms with Gasteiger partial charge >= 0.3 is 0 Å². The van der Waals surface area contributed by atoms with Gasteiger partial charge in [0.1, 0.15) is 11.9 Å². The van der Waals surface area contributed by atoms with Gasteiger partial charge < -0.3 is 14.8 Å². The highest BCUT2D eigenvalue weighted by Crippen LogP contribution is 2.26. The number of hydrogen-bond donors (Lipinski definition) is 1. The van der Waals surface area contributed by atoms with Crippen molar-refractivity contribution in [2.75, 3.05) is 13.2 Å². The topological polar surface area (TPSA) is 30.5 Å². The summed E-state index contributed by atoms with van der Waals surface area (Å²) in [6, 6.07) is 6.93. The van der Waals surface area contributed by atoms with Gasteiger partial charge in [0.2, 0.25) is 0 Å². The number of nitrogens with one attached hydrogen (secondary N) is 1. The lowest BCUT2D eigenvalue weighted by Crippen LogP contribution is -2.17. The molecule has 18 heavy (non-hydrogen) atoms. The van der Waals surface area contributed by atoms with Crippen LogP contribution in [-0.4, -0.2) is 25.4 Å². The Morgan fingerprint density at radius 2 is 2.22 bits per heavy atom. The smallest absolute Gasteiger partial charge is 0.124 e. The molecule has 3 rings (SSSR count). The van der Waals surface area contributed by atoms with Crippen LogP contribution in [0.5, 0.6) is 5.75 Å². The Morgan fingerprint density at radius 3 is 2.94 bits per heavy atom. The number of benzene rings is 1. The van der Waals surface area contributed by atoms with E-state index in [4.69, 9.17) is 9.47 Å². The van der Waals surface area contributed by atoms with Crippen molar-refractivity contribution in [3.05, 3.63) is 28.2 Å². The molecule has 0 aromatic heterocycles. The van der Waals surface area contributed by atoms with Crippen LogP contribution in [0, 0.1) is 0 Å². The lowest BCUT2D eigenvalue weighted by molar-refractivity contribution is 0.141. The van der Waals surface area contributed by atoms with Crippen molar-refractivity contribution in [3.8, 4) is 5.75 Å². The molecule has 0 spiro atoms. The molecule has 1 aromatic carbocycles. The van der Waals surface area contributed by atoms with Crippen molar-refractivity contribution >= 4 is 15.9 Å². The largest absolute Gasteiger partial charge is 0.488 e. The van der Waals surface area contributed by atoms with Gasteiger partial charge in [-0.25, -0.2) is 0 Å². The third kappa shape index (κ3) is 3.25. The Kier molecular flexibility index (Phi) is 3.87. The fourth-order valence-electron chi connectivity index (χ4n) is 2.10. The quantitative estimate of drug-likeness (QED) is 0.907. The van der Waals surface area contributed by atoms with Crippen LogP contribution in [0.4, 0.5) is 0 Å². The second kappa shape index (κ2) is 5.59.